The van der Waals surface area contributed by atoms with E-state index >= 15 is 0 Å². The molecule has 0 bridgehead atoms. The average Bonchev–Trinajstić information content (AvgIpc) is 2.46. The first-order chi connectivity index (χ1) is 8.80. The minimum atomic E-state index is 0.396. The lowest BCUT2D eigenvalue weighted by atomic mass is 10.0. The first-order valence-electron chi connectivity index (χ1n) is 5.65. The molecule has 1 aromatic carbocycles. The fourth-order valence-electron chi connectivity index (χ4n) is 1.90. The molecule has 0 fully saturated rings. The molecule has 0 spiro atoms. The fourth-order valence-corrected chi connectivity index (χ4v) is 1.90. The summed E-state index contributed by atoms with van der Waals surface area (Å²) in [5, 5.41) is 0. The smallest absolute Gasteiger partial charge is 0.165 e. The fraction of sp³-hybridized carbons (Fsp3) is 0.214. The molecule has 2 aromatic rings. The molecule has 1 aromatic heterocycles. The molecule has 0 saturated carbocycles. The number of pyridine rings is 1. The summed E-state index contributed by atoms with van der Waals surface area (Å²) in [4.78, 5) is 4.11. The van der Waals surface area contributed by atoms with Gasteiger partial charge < -0.3 is 15.2 Å². The first-order valence-corrected chi connectivity index (χ1v) is 5.65. The van der Waals surface area contributed by atoms with Gasteiger partial charge in [0.15, 0.2) is 11.5 Å². The zero-order chi connectivity index (χ0) is 13.0. The van der Waals surface area contributed by atoms with E-state index in [2.05, 4.69) is 4.98 Å². The molecule has 2 rings (SSSR count). The third-order valence-electron chi connectivity index (χ3n) is 2.77. The highest BCUT2D eigenvalue weighted by molar-refractivity contribution is 5.68. The van der Waals surface area contributed by atoms with Gasteiger partial charge in [0.2, 0.25) is 0 Å². The van der Waals surface area contributed by atoms with E-state index in [0.717, 1.165) is 16.7 Å². The summed E-state index contributed by atoms with van der Waals surface area (Å²) in [6.07, 6.45) is 3.55. The Balaban J connectivity index is 2.57. The van der Waals surface area contributed by atoms with Gasteiger partial charge in [0.25, 0.3) is 0 Å². The van der Waals surface area contributed by atoms with Crippen molar-refractivity contribution in [2.45, 2.75) is 6.54 Å². The summed E-state index contributed by atoms with van der Waals surface area (Å²) in [6, 6.07) is 7.82. The van der Waals surface area contributed by atoms with Gasteiger partial charge in [-0.1, -0.05) is 6.07 Å². The highest BCUT2D eigenvalue weighted by Gasteiger charge is 2.12. The van der Waals surface area contributed by atoms with E-state index in [1.165, 1.54) is 0 Å². The summed E-state index contributed by atoms with van der Waals surface area (Å²) in [7, 11) is 3.23. The Hall–Kier alpha value is -2.07. The molecule has 4 nitrogen and oxygen atoms in total. The van der Waals surface area contributed by atoms with E-state index in [-0.39, 0.29) is 0 Å². The minimum Gasteiger partial charge on any atom is -0.493 e. The predicted molar refractivity (Wildman–Crippen MR) is 70.7 cm³/mol. The molecular formula is C14H16N2O2. The standard InChI is InChI=1S/C14H16N2O2/c1-17-13-7-11(10-4-3-5-16-9-10)6-12(8-15)14(13)18-2/h3-7,9H,8,15H2,1-2H3. The molecule has 1 heterocycles. The highest BCUT2D eigenvalue weighted by Crippen LogP contribution is 2.35. The molecule has 4 heteroatoms. The minimum absolute atomic E-state index is 0.396. The van der Waals surface area contributed by atoms with E-state index in [1.54, 1.807) is 20.4 Å². The third-order valence-corrected chi connectivity index (χ3v) is 2.77. The van der Waals surface area contributed by atoms with Crippen LogP contribution in [-0.4, -0.2) is 19.2 Å². The molecule has 0 atom stereocenters. The van der Waals surface area contributed by atoms with Gasteiger partial charge in [-0.2, -0.15) is 0 Å². The third kappa shape index (κ3) is 2.28. The zero-order valence-electron chi connectivity index (χ0n) is 10.5. The van der Waals surface area contributed by atoms with Crippen molar-refractivity contribution in [2.24, 2.45) is 5.73 Å². The van der Waals surface area contributed by atoms with E-state index in [0.29, 0.717) is 18.0 Å². The van der Waals surface area contributed by atoms with Crippen molar-refractivity contribution < 1.29 is 9.47 Å². The number of ether oxygens (including phenoxy) is 2. The zero-order valence-corrected chi connectivity index (χ0v) is 10.5. The maximum Gasteiger partial charge on any atom is 0.165 e. The number of methoxy groups -OCH3 is 2. The largest absolute Gasteiger partial charge is 0.493 e. The Morgan fingerprint density at radius 3 is 2.56 bits per heavy atom. The molecule has 2 N–H and O–H groups in total. The van der Waals surface area contributed by atoms with Crippen LogP contribution in [0.25, 0.3) is 11.1 Å². The Bertz CT molecular complexity index is 502. The van der Waals surface area contributed by atoms with E-state index < -0.39 is 0 Å². The quantitative estimate of drug-likeness (QED) is 0.896. The van der Waals surface area contributed by atoms with Crippen molar-refractivity contribution in [2.75, 3.05) is 14.2 Å². The van der Waals surface area contributed by atoms with Crippen molar-refractivity contribution in [3.05, 3.63) is 42.2 Å². The van der Waals surface area contributed by atoms with Gasteiger partial charge in [-0.05, 0) is 23.8 Å². The Kier molecular flexibility index (Phi) is 3.79. The van der Waals surface area contributed by atoms with Crippen molar-refractivity contribution in [3.63, 3.8) is 0 Å². The van der Waals surface area contributed by atoms with Gasteiger partial charge in [0, 0.05) is 30.1 Å². The van der Waals surface area contributed by atoms with Crippen LogP contribution in [0.4, 0.5) is 0 Å². The number of nitrogens with zero attached hydrogens (tertiary/aromatic N) is 1. The maximum absolute atomic E-state index is 5.75. The lowest BCUT2D eigenvalue weighted by Crippen LogP contribution is -2.02. The molecule has 0 aliphatic carbocycles. The SMILES string of the molecule is COc1cc(-c2cccnc2)cc(CN)c1OC. The number of hydrogen-bond donors (Lipinski definition) is 1. The second-order valence-corrected chi connectivity index (χ2v) is 3.82. The molecule has 0 radical (unpaired) electrons. The van der Waals surface area contributed by atoms with Crippen LogP contribution in [0.15, 0.2) is 36.7 Å². The van der Waals surface area contributed by atoms with Crippen LogP contribution in [-0.2, 0) is 6.54 Å². The van der Waals surface area contributed by atoms with Crippen LogP contribution in [0.1, 0.15) is 5.56 Å². The second kappa shape index (κ2) is 5.51. The number of benzene rings is 1. The number of hydrogen-bond acceptors (Lipinski definition) is 4. The summed E-state index contributed by atoms with van der Waals surface area (Å²) >= 11 is 0. The van der Waals surface area contributed by atoms with Gasteiger partial charge in [0.05, 0.1) is 14.2 Å². The number of rotatable bonds is 4. The van der Waals surface area contributed by atoms with Crippen LogP contribution in [0, 0.1) is 0 Å². The molecule has 0 aliphatic heterocycles. The molecule has 0 aliphatic rings. The van der Waals surface area contributed by atoms with Crippen molar-refractivity contribution in [1.82, 2.24) is 4.98 Å². The molecule has 0 unspecified atom stereocenters. The van der Waals surface area contributed by atoms with Gasteiger partial charge in [-0.25, -0.2) is 0 Å². The molecule has 94 valence electrons. The lowest BCUT2D eigenvalue weighted by Gasteiger charge is -2.14. The summed E-state index contributed by atoms with van der Waals surface area (Å²) in [5.41, 5.74) is 8.69. The predicted octanol–water partition coefficient (Wildman–Crippen LogP) is 2.22. The van der Waals surface area contributed by atoms with E-state index in [1.807, 2.05) is 30.5 Å². The Labute approximate surface area is 106 Å². The van der Waals surface area contributed by atoms with Crippen LogP contribution in [0.5, 0.6) is 11.5 Å². The highest BCUT2D eigenvalue weighted by atomic mass is 16.5. The number of nitrogens with two attached hydrogens (primary N) is 1. The molecular weight excluding hydrogens is 228 g/mol. The van der Waals surface area contributed by atoms with Gasteiger partial charge in [-0.3, -0.25) is 4.98 Å². The van der Waals surface area contributed by atoms with Crippen LogP contribution in [0.3, 0.4) is 0 Å². The monoisotopic (exact) mass is 244 g/mol. The van der Waals surface area contributed by atoms with Crippen LogP contribution < -0.4 is 15.2 Å². The molecule has 0 amide bonds. The average molecular weight is 244 g/mol. The lowest BCUT2D eigenvalue weighted by molar-refractivity contribution is 0.352. The van der Waals surface area contributed by atoms with Gasteiger partial charge >= 0.3 is 0 Å². The topological polar surface area (TPSA) is 57.4 Å². The Morgan fingerprint density at radius 1 is 1.17 bits per heavy atom. The summed E-state index contributed by atoms with van der Waals surface area (Å²) < 4.78 is 10.7. The van der Waals surface area contributed by atoms with Crippen LogP contribution >= 0.6 is 0 Å². The van der Waals surface area contributed by atoms with Crippen molar-refractivity contribution in [1.29, 1.82) is 0 Å². The van der Waals surface area contributed by atoms with Crippen molar-refractivity contribution >= 4 is 0 Å². The number of aromatic nitrogens is 1. The first kappa shape index (κ1) is 12.4. The Morgan fingerprint density at radius 2 is 2.00 bits per heavy atom. The van der Waals surface area contributed by atoms with Gasteiger partial charge in [-0.15, -0.1) is 0 Å². The summed E-state index contributed by atoms with van der Waals surface area (Å²) in [5.74, 6) is 1.37. The van der Waals surface area contributed by atoms with Gasteiger partial charge in [0.1, 0.15) is 0 Å². The summed E-state index contributed by atoms with van der Waals surface area (Å²) in [6.45, 7) is 0.396. The second-order valence-electron chi connectivity index (χ2n) is 3.82. The molecule has 0 saturated heterocycles. The molecule has 18 heavy (non-hydrogen) atoms. The van der Waals surface area contributed by atoms with Crippen molar-refractivity contribution in [3.8, 4) is 22.6 Å². The van der Waals surface area contributed by atoms with E-state index in [9.17, 15) is 0 Å². The van der Waals surface area contributed by atoms with E-state index in [4.69, 9.17) is 15.2 Å². The van der Waals surface area contributed by atoms with Crippen LogP contribution in [0.2, 0.25) is 0 Å². The normalized spacial score (nSPS) is 10.2. The maximum atomic E-state index is 5.75.